The zero-order valence-corrected chi connectivity index (χ0v) is 13.8. The SMILES string of the molecule is CN(Cc1cccc(F)c1)C(=O)CNC(=O)NCc1ccc(F)cc1. The number of benzene rings is 2. The first-order valence-electron chi connectivity index (χ1n) is 7.68. The van der Waals surface area contributed by atoms with Crippen molar-refractivity contribution in [3.05, 3.63) is 71.3 Å². The predicted molar refractivity (Wildman–Crippen MR) is 89.5 cm³/mol. The van der Waals surface area contributed by atoms with E-state index in [1.165, 1.54) is 29.2 Å². The van der Waals surface area contributed by atoms with Crippen LogP contribution in [0.4, 0.5) is 13.6 Å². The standard InChI is InChI=1S/C18H19F2N3O2/c1-23(12-14-3-2-4-16(20)9-14)17(24)11-22-18(25)21-10-13-5-7-15(19)8-6-13/h2-9H,10-12H2,1H3,(H2,21,22,25). The molecule has 0 aromatic heterocycles. The van der Waals surface area contributed by atoms with E-state index in [-0.39, 0.29) is 37.2 Å². The average molecular weight is 347 g/mol. The molecule has 2 rings (SSSR count). The van der Waals surface area contributed by atoms with Crippen molar-refractivity contribution in [2.24, 2.45) is 0 Å². The molecular formula is C18H19F2N3O2. The van der Waals surface area contributed by atoms with Gasteiger partial charge in [0.2, 0.25) is 5.91 Å². The molecule has 0 aliphatic carbocycles. The van der Waals surface area contributed by atoms with Crippen LogP contribution in [0.1, 0.15) is 11.1 Å². The summed E-state index contributed by atoms with van der Waals surface area (Å²) in [5, 5.41) is 5.03. The lowest BCUT2D eigenvalue weighted by atomic mass is 10.2. The van der Waals surface area contributed by atoms with Gasteiger partial charge in [-0.1, -0.05) is 24.3 Å². The van der Waals surface area contributed by atoms with Crippen LogP contribution >= 0.6 is 0 Å². The number of likely N-dealkylation sites (N-methyl/N-ethyl adjacent to an activating group) is 1. The minimum absolute atomic E-state index is 0.179. The zero-order chi connectivity index (χ0) is 18.2. The van der Waals surface area contributed by atoms with Crippen LogP contribution in [-0.2, 0) is 17.9 Å². The molecule has 0 saturated carbocycles. The van der Waals surface area contributed by atoms with Crippen LogP contribution in [0.25, 0.3) is 0 Å². The molecule has 0 unspecified atom stereocenters. The fourth-order valence-electron chi connectivity index (χ4n) is 2.14. The van der Waals surface area contributed by atoms with Gasteiger partial charge in [0.15, 0.2) is 0 Å². The third-order valence-corrected chi connectivity index (χ3v) is 3.50. The topological polar surface area (TPSA) is 61.4 Å². The molecule has 132 valence electrons. The van der Waals surface area contributed by atoms with E-state index in [0.717, 1.165) is 5.56 Å². The quantitative estimate of drug-likeness (QED) is 0.843. The fourth-order valence-corrected chi connectivity index (χ4v) is 2.14. The minimum Gasteiger partial charge on any atom is -0.340 e. The number of carbonyl (C=O) groups excluding carboxylic acids is 2. The molecule has 0 heterocycles. The van der Waals surface area contributed by atoms with E-state index in [1.807, 2.05) is 0 Å². The smallest absolute Gasteiger partial charge is 0.315 e. The largest absolute Gasteiger partial charge is 0.340 e. The lowest BCUT2D eigenvalue weighted by molar-refractivity contribution is -0.129. The molecule has 0 aliphatic rings. The van der Waals surface area contributed by atoms with Crippen molar-refractivity contribution in [3.63, 3.8) is 0 Å². The molecule has 2 aromatic rings. The molecule has 5 nitrogen and oxygen atoms in total. The van der Waals surface area contributed by atoms with Crippen molar-refractivity contribution in [3.8, 4) is 0 Å². The van der Waals surface area contributed by atoms with Crippen LogP contribution in [-0.4, -0.2) is 30.4 Å². The summed E-state index contributed by atoms with van der Waals surface area (Å²) in [6, 6.07) is 11.2. The summed E-state index contributed by atoms with van der Waals surface area (Å²) < 4.78 is 25.9. The third-order valence-electron chi connectivity index (χ3n) is 3.50. The molecule has 25 heavy (non-hydrogen) atoms. The molecular weight excluding hydrogens is 328 g/mol. The van der Waals surface area contributed by atoms with Gasteiger partial charge in [-0.05, 0) is 35.4 Å². The van der Waals surface area contributed by atoms with Gasteiger partial charge in [-0.3, -0.25) is 4.79 Å². The Balaban J connectivity index is 1.72. The Morgan fingerprint density at radius 1 is 0.960 bits per heavy atom. The zero-order valence-electron chi connectivity index (χ0n) is 13.8. The summed E-state index contributed by atoms with van der Waals surface area (Å²) >= 11 is 0. The van der Waals surface area contributed by atoms with E-state index in [0.29, 0.717) is 5.56 Å². The average Bonchev–Trinajstić information content (AvgIpc) is 2.59. The van der Waals surface area contributed by atoms with E-state index >= 15 is 0 Å². The van der Waals surface area contributed by atoms with Gasteiger partial charge in [-0.25, -0.2) is 13.6 Å². The first-order valence-corrected chi connectivity index (χ1v) is 7.68. The summed E-state index contributed by atoms with van der Waals surface area (Å²) in [4.78, 5) is 25.1. The lowest BCUT2D eigenvalue weighted by Gasteiger charge is -2.17. The second-order valence-electron chi connectivity index (χ2n) is 5.54. The van der Waals surface area contributed by atoms with Crippen molar-refractivity contribution in [1.29, 1.82) is 0 Å². The van der Waals surface area contributed by atoms with Crippen molar-refractivity contribution >= 4 is 11.9 Å². The van der Waals surface area contributed by atoms with E-state index in [1.54, 1.807) is 31.3 Å². The number of amides is 3. The first kappa shape index (κ1) is 18.4. The number of nitrogens with zero attached hydrogens (tertiary/aromatic N) is 1. The molecule has 0 radical (unpaired) electrons. The Morgan fingerprint density at radius 3 is 2.36 bits per heavy atom. The Labute approximate surface area is 144 Å². The molecule has 0 spiro atoms. The molecule has 0 bridgehead atoms. The first-order chi connectivity index (χ1) is 11.9. The van der Waals surface area contributed by atoms with Gasteiger partial charge in [0, 0.05) is 20.1 Å². The Morgan fingerprint density at radius 2 is 1.68 bits per heavy atom. The number of urea groups is 1. The van der Waals surface area contributed by atoms with Gasteiger partial charge >= 0.3 is 6.03 Å². The highest BCUT2D eigenvalue weighted by molar-refractivity contribution is 5.83. The summed E-state index contributed by atoms with van der Waals surface area (Å²) in [6.45, 7) is 0.288. The van der Waals surface area contributed by atoms with E-state index in [4.69, 9.17) is 0 Å². The van der Waals surface area contributed by atoms with Crippen LogP contribution in [0.5, 0.6) is 0 Å². The maximum atomic E-state index is 13.1. The summed E-state index contributed by atoms with van der Waals surface area (Å²) in [5.41, 5.74) is 1.41. The third kappa shape index (κ3) is 6.21. The Kier molecular flexibility index (Phi) is 6.45. The summed E-state index contributed by atoms with van der Waals surface area (Å²) in [7, 11) is 1.57. The predicted octanol–water partition coefficient (Wildman–Crippen LogP) is 2.42. The summed E-state index contributed by atoms with van der Waals surface area (Å²) in [5.74, 6) is -1.02. The Hall–Kier alpha value is -2.96. The van der Waals surface area contributed by atoms with Crippen LogP contribution in [0.15, 0.2) is 48.5 Å². The lowest BCUT2D eigenvalue weighted by Crippen LogP contribution is -2.42. The second kappa shape index (κ2) is 8.77. The van der Waals surface area contributed by atoms with E-state index in [9.17, 15) is 18.4 Å². The number of hydrogen-bond acceptors (Lipinski definition) is 2. The van der Waals surface area contributed by atoms with Gasteiger partial charge < -0.3 is 15.5 Å². The molecule has 0 saturated heterocycles. The van der Waals surface area contributed by atoms with Crippen molar-refractivity contribution in [2.45, 2.75) is 13.1 Å². The van der Waals surface area contributed by atoms with Gasteiger partial charge in [-0.2, -0.15) is 0 Å². The fraction of sp³-hybridized carbons (Fsp3) is 0.222. The second-order valence-corrected chi connectivity index (χ2v) is 5.54. The normalized spacial score (nSPS) is 10.2. The van der Waals surface area contributed by atoms with Crippen molar-refractivity contribution < 1.29 is 18.4 Å². The Bertz CT molecular complexity index is 735. The number of hydrogen-bond donors (Lipinski definition) is 2. The van der Waals surface area contributed by atoms with Crippen molar-refractivity contribution in [1.82, 2.24) is 15.5 Å². The van der Waals surface area contributed by atoms with Crippen LogP contribution < -0.4 is 10.6 Å². The molecule has 2 N–H and O–H groups in total. The maximum absolute atomic E-state index is 13.1. The van der Waals surface area contributed by atoms with Crippen LogP contribution in [0.2, 0.25) is 0 Å². The van der Waals surface area contributed by atoms with Gasteiger partial charge in [-0.15, -0.1) is 0 Å². The molecule has 2 aromatic carbocycles. The number of rotatable bonds is 6. The van der Waals surface area contributed by atoms with E-state index in [2.05, 4.69) is 10.6 Å². The summed E-state index contributed by atoms with van der Waals surface area (Å²) in [6.07, 6.45) is 0. The monoisotopic (exact) mass is 347 g/mol. The number of carbonyl (C=O) groups is 2. The van der Waals surface area contributed by atoms with Gasteiger partial charge in [0.1, 0.15) is 11.6 Å². The van der Waals surface area contributed by atoms with Gasteiger partial charge in [0.25, 0.3) is 0 Å². The molecule has 0 aliphatic heterocycles. The molecule has 7 heteroatoms. The molecule has 0 fully saturated rings. The number of halogens is 2. The van der Waals surface area contributed by atoms with Gasteiger partial charge in [0.05, 0.1) is 6.54 Å². The highest BCUT2D eigenvalue weighted by Crippen LogP contribution is 2.06. The molecule has 3 amide bonds. The number of nitrogens with one attached hydrogen (secondary N) is 2. The highest BCUT2D eigenvalue weighted by Gasteiger charge is 2.11. The van der Waals surface area contributed by atoms with Crippen LogP contribution in [0, 0.1) is 11.6 Å². The van der Waals surface area contributed by atoms with E-state index < -0.39 is 6.03 Å². The maximum Gasteiger partial charge on any atom is 0.315 e. The minimum atomic E-state index is -0.503. The van der Waals surface area contributed by atoms with Crippen molar-refractivity contribution in [2.75, 3.05) is 13.6 Å². The van der Waals surface area contributed by atoms with Crippen LogP contribution in [0.3, 0.4) is 0 Å². The highest BCUT2D eigenvalue weighted by atomic mass is 19.1. The molecule has 0 atom stereocenters.